The first kappa shape index (κ1) is 48.4. The zero-order valence-corrected chi connectivity index (χ0v) is 35.3. The van der Waals surface area contributed by atoms with Crippen LogP contribution in [0.2, 0.25) is 0 Å². The third-order valence-electron chi connectivity index (χ3n) is 10.6. The lowest BCUT2D eigenvalue weighted by Gasteiger charge is -2.45. The number of carboxylic acid groups (broad SMARTS) is 1. The van der Waals surface area contributed by atoms with Gasteiger partial charge >= 0.3 is 11.9 Å². The number of rotatable bonds is 5. The van der Waals surface area contributed by atoms with Gasteiger partial charge in [0.25, 0.3) is 0 Å². The fourth-order valence-corrected chi connectivity index (χ4v) is 7.44. The summed E-state index contributed by atoms with van der Waals surface area (Å²) in [6.07, 6.45) is 5.25. The van der Waals surface area contributed by atoms with Crippen molar-refractivity contribution in [2.24, 2.45) is 11.7 Å². The van der Waals surface area contributed by atoms with Gasteiger partial charge in [0.2, 0.25) is 5.95 Å². The number of hydrogen-bond acceptors (Lipinski definition) is 16. The van der Waals surface area contributed by atoms with Crippen molar-refractivity contribution >= 4 is 23.6 Å². The molecule has 1 aromatic carbocycles. The number of nitrogens with two attached hydrogens (primary N) is 1. The number of carbonyl (C=O) groups is 2. The van der Waals surface area contributed by atoms with Gasteiger partial charge in [-0.1, -0.05) is 66.8 Å². The summed E-state index contributed by atoms with van der Waals surface area (Å²) in [5, 5.41) is 67.1. The first-order valence-electron chi connectivity index (χ1n) is 20.8. The molecule has 5 heterocycles. The van der Waals surface area contributed by atoms with E-state index in [2.05, 4.69) is 15.3 Å². The predicted molar refractivity (Wildman–Crippen MR) is 226 cm³/mol. The molecule has 62 heavy (non-hydrogen) atoms. The van der Waals surface area contributed by atoms with E-state index >= 15 is 0 Å². The fourth-order valence-electron chi connectivity index (χ4n) is 7.44. The molecule has 0 amide bonds. The Kier molecular flexibility index (Phi) is 17.6. The maximum Gasteiger partial charge on any atom is 0.330 e. The van der Waals surface area contributed by atoms with Crippen LogP contribution in [0.1, 0.15) is 57.3 Å². The third kappa shape index (κ3) is 14.7. The highest BCUT2D eigenvalue weighted by Crippen LogP contribution is 2.39. The fraction of sp³-hybridized carbons (Fsp3) is 0.511. The summed E-state index contributed by atoms with van der Waals surface area (Å²) in [5.41, 5.74) is 8.92. The van der Waals surface area contributed by atoms with Crippen molar-refractivity contribution in [1.29, 1.82) is 0 Å². The molecule has 0 aliphatic carbocycles. The molecule has 4 aliphatic rings. The number of allylic oxidation sites excluding steroid dienone is 6. The summed E-state index contributed by atoms with van der Waals surface area (Å²) in [7, 11) is 0. The summed E-state index contributed by atoms with van der Waals surface area (Å²) in [4.78, 5) is 33.0. The summed E-state index contributed by atoms with van der Waals surface area (Å²) >= 11 is 0. The minimum atomic E-state index is -2.10. The monoisotopic (exact) mass is 864 g/mol. The average molecular weight is 865 g/mol. The van der Waals surface area contributed by atoms with Crippen LogP contribution in [0.4, 0.5) is 11.6 Å². The number of cyclic esters (lactones) is 1. The number of aliphatic hydroxyl groups is 5. The van der Waals surface area contributed by atoms with Crippen molar-refractivity contribution in [3.05, 3.63) is 109 Å². The first-order valence-corrected chi connectivity index (χ1v) is 20.8. The quantitative estimate of drug-likeness (QED) is 0.159. The van der Waals surface area contributed by atoms with Crippen molar-refractivity contribution in [3.8, 4) is 0 Å². The molecule has 1 aromatic heterocycles. The molecular weight excluding hydrogens is 805 g/mol. The number of benzene rings is 1. The van der Waals surface area contributed by atoms with Gasteiger partial charge in [0.05, 0.1) is 48.8 Å². The molecule has 0 radical (unpaired) electrons. The molecule has 3 saturated heterocycles. The van der Waals surface area contributed by atoms with Gasteiger partial charge in [-0.25, -0.2) is 14.8 Å². The maximum absolute atomic E-state index is 12.3. The number of aryl methyl sites for hydroxylation is 2. The van der Waals surface area contributed by atoms with Gasteiger partial charge in [0.1, 0.15) is 24.2 Å². The van der Waals surface area contributed by atoms with Crippen molar-refractivity contribution < 1.29 is 63.9 Å². The number of ether oxygens (including phenoxy) is 5. The van der Waals surface area contributed by atoms with Gasteiger partial charge in [-0.15, -0.1) is 0 Å². The van der Waals surface area contributed by atoms with Crippen LogP contribution in [0.15, 0.2) is 97.2 Å². The Morgan fingerprint density at radius 1 is 0.887 bits per heavy atom. The van der Waals surface area contributed by atoms with E-state index in [0.717, 1.165) is 17.1 Å². The predicted octanol–water partition coefficient (Wildman–Crippen LogP) is 2.96. The van der Waals surface area contributed by atoms with E-state index in [1.54, 1.807) is 56.4 Å². The van der Waals surface area contributed by atoms with Gasteiger partial charge in [-0.3, -0.25) is 4.79 Å². The van der Waals surface area contributed by atoms with Crippen LogP contribution in [0.3, 0.4) is 0 Å². The first-order chi connectivity index (χ1) is 29.5. The minimum Gasteiger partial charge on any atom is -0.481 e. The number of esters is 1. The number of para-hydroxylation sites is 1. The van der Waals surface area contributed by atoms with Gasteiger partial charge in [0, 0.05) is 55.3 Å². The second-order valence-electron chi connectivity index (χ2n) is 16.0. The lowest BCUT2D eigenvalue weighted by Crippen LogP contribution is -2.61. The van der Waals surface area contributed by atoms with E-state index in [1.165, 1.54) is 12.2 Å². The number of epoxide rings is 1. The summed E-state index contributed by atoms with van der Waals surface area (Å²) in [6.45, 7) is 7.26. The third-order valence-corrected chi connectivity index (χ3v) is 10.6. The van der Waals surface area contributed by atoms with Crippen molar-refractivity contribution in [3.63, 3.8) is 0 Å². The van der Waals surface area contributed by atoms with Crippen LogP contribution in [0.25, 0.3) is 0 Å². The van der Waals surface area contributed by atoms with Crippen LogP contribution in [-0.4, -0.2) is 132 Å². The number of aromatic nitrogens is 2. The van der Waals surface area contributed by atoms with Crippen LogP contribution >= 0.6 is 0 Å². The number of nitrogens with zero attached hydrogens (tertiary/aromatic N) is 2. The molecule has 338 valence electrons. The van der Waals surface area contributed by atoms with Gasteiger partial charge < -0.3 is 65.4 Å². The summed E-state index contributed by atoms with van der Waals surface area (Å²) in [6, 6.07) is 10.8. The lowest BCUT2D eigenvalue weighted by atomic mass is 9.83. The highest BCUT2D eigenvalue weighted by Gasteiger charge is 2.51. The zero-order valence-electron chi connectivity index (χ0n) is 35.3. The highest BCUT2D eigenvalue weighted by molar-refractivity contribution is 5.82. The number of aliphatic carboxylic acids is 1. The molecule has 0 saturated carbocycles. The standard InChI is InChI=1S/C33H47NO13.C12H13N3/c1-18-10-8-6-4-3-5-7-9-11-21(45-32-30(39)28(34)29(38)19(2)44-32)15-25-27(31(40)41)22(36)17-33(42,47-25)16-20(35)14-24-23(46-24)12-13-26(37)43-18;1-9-8-10(2)14-12(13-9)15-11-6-4-3-5-7-11/h3-9,11-13,18-25,27-30,32,35-36,38-39,42H,10,14-17,34H2,1-2H3,(H,40,41);3-8H,1-2H3,(H,13,14,15)/b4-3+,7-5+,8-6+,11-9+,13-12+;/t18-,19-,20+,21+,22+,23-,24-,25+,27-,28+,29-,30+,32+,33-;/m1./s1. The Bertz CT molecular complexity index is 1910. The van der Waals surface area contributed by atoms with E-state index < -0.39 is 97.3 Å². The van der Waals surface area contributed by atoms with Crippen LogP contribution < -0.4 is 11.1 Å². The summed E-state index contributed by atoms with van der Waals surface area (Å²) < 4.78 is 28.5. The molecule has 14 atom stereocenters. The number of fused-ring (bicyclic) bond motifs is 3. The second-order valence-corrected chi connectivity index (χ2v) is 16.0. The Labute approximate surface area is 361 Å². The molecule has 17 heteroatoms. The normalized spacial score (nSPS) is 38.2. The van der Waals surface area contributed by atoms with E-state index in [4.69, 9.17) is 29.4 Å². The Morgan fingerprint density at radius 3 is 2.26 bits per heavy atom. The molecule has 9 N–H and O–H groups in total. The highest BCUT2D eigenvalue weighted by atomic mass is 16.7. The van der Waals surface area contributed by atoms with Crippen molar-refractivity contribution in [2.75, 3.05) is 5.32 Å². The maximum atomic E-state index is 12.3. The Balaban J connectivity index is 0.000000404. The molecule has 0 spiro atoms. The number of nitrogens with one attached hydrogen (secondary N) is 1. The largest absolute Gasteiger partial charge is 0.481 e. The molecule has 6 rings (SSSR count). The average Bonchev–Trinajstić information content (AvgIpc) is 3.93. The van der Waals surface area contributed by atoms with E-state index in [0.29, 0.717) is 12.4 Å². The number of carboxylic acids is 1. The van der Waals surface area contributed by atoms with Gasteiger partial charge in [-0.05, 0) is 52.0 Å². The smallest absolute Gasteiger partial charge is 0.330 e. The molecule has 3 fully saturated rings. The van der Waals surface area contributed by atoms with E-state index in [-0.39, 0.29) is 25.4 Å². The zero-order chi connectivity index (χ0) is 45.0. The van der Waals surface area contributed by atoms with Crippen LogP contribution in [-0.2, 0) is 33.3 Å². The van der Waals surface area contributed by atoms with E-state index in [1.807, 2.05) is 56.3 Å². The molecule has 4 aliphatic heterocycles. The van der Waals surface area contributed by atoms with Gasteiger partial charge in [-0.2, -0.15) is 0 Å². The Hall–Kier alpha value is -4.66. The number of carbonyl (C=O) groups excluding carboxylic acids is 1. The van der Waals surface area contributed by atoms with E-state index in [9.17, 15) is 40.2 Å². The number of aliphatic hydroxyl groups excluding tert-OH is 4. The lowest BCUT2D eigenvalue weighted by molar-refractivity contribution is -0.308. The molecule has 0 unspecified atom stereocenters. The topological polar surface area (TPSA) is 269 Å². The number of anilines is 2. The number of hydrogen-bond donors (Lipinski definition) is 8. The van der Waals surface area contributed by atoms with Gasteiger partial charge in [0.15, 0.2) is 12.1 Å². The summed E-state index contributed by atoms with van der Waals surface area (Å²) in [5.74, 6) is -4.79. The second kappa shape index (κ2) is 22.6. The molecule has 2 bridgehead atoms. The minimum absolute atomic E-state index is 0.0789. The molecule has 2 aromatic rings. The SMILES string of the molecule is C[C@@H]1C/C=C/C=C/C=C/C=C/[C@H](O[C@@H]2O[C@H](C)[C@@H](O)[C@H](N)[C@@H]2O)C[C@@H]2O[C@](O)(C[C@@H](O)C[C@H]3O[C@@H]3/C=C/C(=O)O1)C[C@H](O)[C@H]2C(=O)O.Cc1cc(C)nc(Nc2ccccc2)n1. The van der Waals surface area contributed by atoms with Crippen LogP contribution in [0.5, 0.6) is 0 Å². The molecule has 17 nitrogen and oxygen atoms in total. The Morgan fingerprint density at radius 2 is 1.56 bits per heavy atom. The van der Waals surface area contributed by atoms with Crippen molar-refractivity contribution in [2.45, 2.75) is 139 Å². The molecular formula is C45H60N4O13. The van der Waals surface area contributed by atoms with Crippen molar-refractivity contribution in [1.82, 2.24) is 9.97 Å². The van der Waals surface area contributed by atoms with Crippen LogP contribution in [0, 0.1) is 19.8 Å².